The number of rotatable bonds is 5. The van der Waals surface area contributed by atoms with Crippen LogP contribution in [-0.4, -0.2) is 52.9 Å². The summed E-state index contributed by atoms with van der Waals surface area (Å²) < 4.78 is 0. The Morgan fingerprint density at radius 1 is 1.36 bits per heavy atom. The quantitative estimate of drug-likeness (QED) is 0.896. The smallest absolute Gasteiger partial charge is 0.239 e. The van der Waals surface area contributed by atoms with E-state index in [0.29, 0.717) is 6.04 Å². The van der Waals surface area contributed by atoms with Crippen LogP contribution in [0.1, 0.15) is 38.3 Å². The molecule has 1 fully saturated rings. The van der Waals surface area contributed by atoms with E-state index in [1.54, 1.807) is 6.20 Å². The Morgan fingerprint density at radius 2 is 2.05 bits per heavy atom. The number of halogens is 1. The van der Waals surface area contributed by atoms with Crippen LogP contribution in [-0.2, 0) is 4.79 Å². The SMILES string of the molecule is CCCC(N)C(=O)N1CCN(C(C)c2cccnc2)CC1.Cl. The third-order valence-corrected chi connectivity index (χ3v) is 4.26. The van der Waals surface area contributed by atoms with E-state index in [0.717, 1.165) is 39.0 Å². The molecule has 1 aliphatic heterocycles. The fourth-order valence-corrected chi connectivity index (χ4v) is 2.83. The van der Waals surface area contributed by atoms with Crippen molar-refractivity contribution in [2.45, 2.75) is 38.8 Å². The van der Waals surface area contributed by atoms with Crippen molar-refractivity contribution in [1.29, 1.82) is 0 Å². The highest BCUT2D eigenvalue weighted by atomic mass is 35.5. The first-order valence-electron chi connectivity index (χ1n) is 7.81. The van der Waals surface area contributed by atoms with Crippen LogP contribution < -0.4 is 5.73 Å². The van der Waals surface area contributed by atoms with Gasteiger partial charge in [-0.1, -0.05) is 19.4 Å². The van der Waals surface area contributed by atoms with Crippen molar-refractivity contribution in [1.82, 2.24) is 14.8 Å². The van der Waals surface area contributed by atoms with E-state index in [9.17, 15) is 4.79 Å². The summed E-state index contributed by atoms with van der Waals surface area (Å²) in [4.78, 5) is 20.7. The topological polar surface area (TPSA) is 62.5 Å². The summed E-state index contributed by atoms with van der Waals surface area (Å²) in [5, 5.41) is 0. The number of nitrogens with two attached hydrogens (primary N) is 1. The van der Waals surface area contributed by atoms with Crippen molar-refractivity contribution >= 4 is 18.3 Å². The number of piperazine rings is 1. The summed E-state index contributed by atoms with van der Waals surface area (Å²) in [5.74, 6) is 0.102. The average Bonchev–Trinajstić information content (AvgIpc) is 2.54. The van der Waals surface area contributed by atoms with Crippen LogP contribution >= 0.6 is 12.4 Å². The molecule has 1 aliphatic rings. The van der Waals surface area contributed by atoms with Crippen molar-refractivity contribution in [2.24, 2.45) is 5.73 Å². The van der Waals surface area contributed by atoms with Crippen molar-refractivity contribution in [3.8, 4) is 0 Å². The van der Waals surface area contributed by atoms with Crippen LogP contribution in [0.3, 0.4) is 0 Å². The Hall–Kier alpha value is -1.17. The van der Waals surface area contributed by atoms with Gasteiger partial charge in [-0.25, -0.2) is 0 Å². The first-order chi connectivity index (χ1) is 10.1. The molecule has 0 spiro atoms. The third-order valence-electron chi connectivity index (χ3n) is 4.26. The molecule has 22 heavy (non-hydrogen) atoms. The zero-order valence-electron chi connectivity index (χ0n) is 13.4. The van der Waals surface area contributed by atoms with Gasteiger partial charge in [-0.3, -0.25) is 14.7 Å². The summed E-state index contributed by atoms with van der Waals surface area (Å²) in [6.07, 6.45) is 5.43. The maximum absolute atomic E-state index is 12.2. The molecule has 1 aromatic rings. The standard InChI is InChI=1S/C16H26N4O.ClH/c1-3-5-15(17)16(21)20-10-8-19(9-11-20)13(2)14-6-4-7-18-12-14;/h4,6-7,12-13,15H,3,5,8-11,17H2,1-2H3;1H. The van der Waals surface area contributed by atoms with Crippen LogP contribution in [0.25, 0.3) is 0 Å². The number of carbonyl (C=O) groups is 1. The summed E-state index contributed by atoms with van der Waals surface area (Å²) in [7, 11) is 0. The van der Waals surface area contributed by atoms with E-state index in [4.69, 9.17) is 5.73 Å². The first kappa shape index (κ1) is 18.9. The molecule has 1 saturated heterocycles. The number of nitrogens with zero attached hydrogens (tertiary/aromatic N) is 3. The number of aromatic nitrogens is 1. The highest BCUT2D eigenvalue weighted by Gasteiger charge is 2.27. The van der Waals surface area contributed by atoms with Gasteiger partial charge in [0.25, 0.3) is 0 Å². The molecule has 0 bridgehead atoms. The van der Waals surface area contributed by atoms with Crippen molar-refractivity contribution in [2.75, 3.05) is 26.2 Å². The van der Waals surface area contributed by atoms with Gasteiger partial charge < -0.3 is 10.6 Å². The van der Waals surface area contributed by atoms with Crippen molar-refractivity contribution < 1.29 is 4.79 Å². The Morgan fingerprint density at radius 3 is 2.59 bits per heavy atom. The van der Waals surface area contributed by atoms with E-state index in [1.165, 1.54) is 5.56 Å². The van der Waals surface area contributed by atoms with Gasteiger partial charge >= 0.3 is 0 Å². The minimum absolute atomic E-state index is 0. The lowest BCUT2D eigenvalue weighted by atomic mass is 10.1. The van der Waals surface area contributed by atoms with Gasteiger partial charge in [0, 0.05) is 44.6 Å². The van der Waals surface area contributed by atoms with Gasteiger partial charge in [0.1, 0.15) is 0 Å². The highest BCUT2D eigenvalue weighted by Crippen LogP contribution is 2.20. The zero-order valence-corrected chi connectivity index (χ0v) is 14.3. The summed E-state index contributed by atoms with van der Waals surface area (Å²) in [5.41, 5.74) is 7.15. The summed E-state index contributed by atoms with van der Waals surface area (Å²) in [6.45, 7) is 7.56. The van der Waals surface area contributed by atoms with Gasteiger partial charge in [-0.15, -0.1) is 12.4 Å². The van der Waals surface area contributed by atoms with Crippen LogP contribution in [0.4, 0.5) is 0 Å². The Balaban J connectivity index is 0.00000242. The average molecular weight is 327 g/mol. The third kappa shape index (κ3) is 4.66. The first-order valence-corrected chi connectivity index (χ1v) is 7.81. The maximum Gasteiger partial charge on any atom is 0.239 e. The van der Waals surface area contributed by atoms with Gasteiger partial charge in [-0.2, -0.15) is 0 Å². The highest BCUT2D eigenvalue weighted by molar-refractivity contribution is 5.85. The number of hydrogen-bond donors (Lipinski definition) is 1. The molecule has 2 unspecified atom stereocenters. The maximum atomic E-state index is 12.2. The van der Waals surface area contributed by atoms with Gasteiger partial charge in [0.2, 0.25) is 5.91 Å². The molecule has 1 aromatic heterocycles. The van der Waals surface area contributed by atoms with Crippen LogP contribution in [0, 0.1) is 0 Å². The lowest BCUT2D eigenvalue weighted by molar-refractivity contribution is -0.134. The Labute approximate surface area is 139 Å². The fourth-order valence-electron chi connectivity index (χ4n) is 2.83. The second kappa shape index (κ2) is 9.08. The predicted molar refractivity (Wildman–Crippen MR) is 90.9 cm³/mol. The molecule has 124 valence electrons. The number of pyridine rings is 1. The minimum atomic E-state index is -0.336. The second-order valence-corrected chi connectivity index (χ2v) is 5.72. The zero-order chi connectivity index (χ0) is 15.2. The van der Waals surface area contributed by atoms with Crippen molar-refractivity contribution in [3.63, 3.8) is 0 Å². The molecule has 0 aromatic carbocycles. The second-order valence-electron chi connectivity index (χ2n) is 5.72. The molecule has 1 amide bonds. The van der Waals surface area contributed by atoms with Gasteiger partial charge in [0.15, 0.2) is 0 Å². The summed E-state index contributed by atoms with van der Waals surface area (Å²) >= 11 is 0. The van der Waals surface area contributed by atoms with Crippen LogP contribution in [0.15, 0.2) is 24.5 Å². The number of hydrogen-bond acceptors (Lipinski definition) is 4. The van der Waals surface area contributed by atoms with E-state index in [-0.39, 0.29) is 24.4 Å². The van der Waals surface area contributed by atoms with E-state index < -0.39 is 0 Å². The molecule has 0 aliphatic carbocycles. The van der Waals surface area contributed by atoms with Crippen LogP contribution in [0.5, 0.6) is 0 Å². The monoisotopic (exact) mass is 326 g/mol. The Bertz CT molecular complexity index is 449. The normalized spacial score (nSPS) is 18.4. The van der Waals surface area contributed by atoms with Gasteiger partial charge in [0.05, 0.1) is 6.04 Å². The van der Waals surface area contributed by atoms with Crippen LogP contribution in [0.2, 0.25) is 0 Å². The molecule has 2 heterocycles. The van der Waals surface area contributed by atoms with E-state index in [1.807, 2.05) is 17.2 Å². The molecule has 0 saturated carbocycles. The largest absolute Gasteiger partial charge is 0.339 e. The minimum Gasteiger partial charge on any atom is -0.339 e. The lowest BCUT2D eigenvalue weighted by Crippen LogP contribution is -2.53. The molecule has 2 N–H and O–H groups in total. The molecular formula is C16H27ClN4O. The Kier molecular flexibility index (Phi) is 7.79. The molecular weight excluding hydrogens is 300 g/mol. The summed E-state index contributed by atoms with van der Waals surface area (Å²) in [6, 6.07) is 4.07. The number of carbonyl (C=O) groups excluding carboxylic acids is 1. The number of amides is 1. The molecule has 5 nitrogen and oxygen atoms in total. The fraction of sp³-hybridized carbons (Fsp3) is 0.625. The molecule has 2 atom stereocenters. The molecule has 2 rings (SSSR count). The predicted octanol–water partition coefficient (Wildman–Crippen LogP) is 1.84. The van der Waals surface area contributed by atoms with E-state index in [2.05, 4.69) is 29.8 Å². The van der Waals surface area contributed by atoms with Crippen molar-refractivity contribution in [3.05, 3.63) is 30.1 Å². The van der Waals surface area contributed by atoms with Gasteiger partial charge in [-0.05, 0) is 25.0 Å². The lowest BCUT2D eigenvalue weighted by Gasteiger charge is -2.38. The molecule has 0 radical (unpaired) electrons. The molecule has 6 heteroatoms. The van der Waals surface area contributed by atoms with E-state index >= 15 is 0 Å².